The second kappa shape index (κ2) is 8.37. The first-order valence-electron chi connectivity index (χ1n) is 10.6. The van der Waals surface area contributed by atoms with Crippen LogP contribution in [-0.2, 0) is 0 Å². The van der Waals surface area contributed by atoms with Crippen LogP contribution in [0.25, 0.3) is 0 Å². The van der Waals surface area contributed by atoms with Crippen molar-refractivity contribution in [3.8, 4) is 0 Å². The Hall–Kier alpha value is -1.63. The number of hydrogen-bond acceptors (Lipinski definition) is 0. The SMILES string of the molecule is FC(c1ccc(C2CCCCC2)cc1)c1ccc(C2CCCCC2)cc1. The first kappa shape index (κ1) is 17.8. The molecule has 2 saturated carbocycles. The average Bonchev–Trinajstić information content (AvgIpc) is 2.75. The van der Waals surface area contributed by atoms with Crippen LogP contribution in [0.15, 0.2) is 48.5 Å². The molecule has 0 nitrogen and oxygen atoms in total. The van der Waals surface area contributed by atoms with E-state index in [2.05, 4.69) is 24.3 Å². The number of halogens is 1. The lowest BCUT2D eigenvalue weighted by molar-refractivity contribution is 0.401. The fourth-order valence-electron chi connectivity index (χ4n) is 4.94. The number of hydrogen-bond donors (Lipinski definition) is 0. The van der Waals surface area contributed by atoms with Crippen LogP contribution in [0.3, 0.4) is 0 Å². The van der Waals surface area contributed by atoms with E-state index in [0.29, 0.717) is 11.8 Å². The fraction of sp³-hybridized carbons (Fsp3) is 0.520. The van der Waals surface area contributed by atoms with E-state index in [9.17, 15) is 0 Å². The van der Waals surface area contributed by atoms with E-state index in [1.54, 1.807) is 0 Å². The quantitative estimate of drug-likeness (QED) is 0.527. The summed E-state index contributed by atoms with van der Waals surface area (Å²) < 4.78 is 15.0. The van der Waals surface area contributed by atoms with Gasteiger partial charge in [-0.25, -0.2) is 4.39 Å². The predicted molar refractivity (Wildman–Crippen MR) is 107 cm³/mol. The molecule has 0 N–H and O–H groups in total. The monoisotopic (exact) mass is 350 g/mol. The molecular formula is C25H31F. The topological polar surface area (TPSA) is 0 Å². The largest absolute Gasteiger partial charge is 0.237 e. The Morgan fingerprint density at radius 1 is 0.538 bits per heavy atom. The van der Waals surface area contributed by atoms with E-state index in [1.165, 1.54) is 75.3 Å². The molecule has 2 aromatic carbocycles. The van der Waals surface area contributed by atoms with Crippen LogP contribution in [0.5, 0.6) is 0 Å². The first-order chi connectivity index (χ1) is 12.8. The van der Waals surface area contributed by atoms with Crippen LogP contribution in [0.4, 0.5) is 4.39 Å². The van der Waals surface area contributed by atoms with Gasteiger partial charge in [0, 0.05) is 0 Å². The summed E-state index contributed by atoms with van der Waals surface area (Å²) in [6.07, 6.45) is 12.3. The molecule has 0 atom stereocenters. The highest BCUT2D eigenvalue weighted by molar-refractivity contribution is 5.35. The minimum atomic E-state index is -1.02. The lowest BCUT2D eigenvalue weighted by Gasteiger charge is -2.23. The minimum absolute atomic E-state index is 0.686. The molecule has 2 aliphatic rings. The molecule has 4 rings (SSSR count). The summed E-state index contributed by atoms with van der Waals surface area (Å²) in [7, 11) is 0. The van der Waals surface area contributed by atoms with Crippen LogP contribution >= 0.6 is 0 Å². The number of benzene rings is 2. The molecule has 0 aliphatic heterocycles. The average molecular weight is 351 g/mol. The van der Waals surface area contributed by atoms with Crippen molar-refractivity contribution < 1.29 is 4.39 Å². The summed E-state index contributed by atoms with van der Waals surface area (Å²) in [5.74, 6) is 1.37. The van der Waals surface area contributed by atoms with Crippen LogP contribution in [-0.4, -0.2) is 0 Å². The smallest absolute Gasteiger partial charge is 0.150 e. The Morgan fingerprint density at radius 3 is 1.23 bits per heavy atom. The third-order valence-electron chi connectivity index (χ3n) is 6.61. The third-order valence-corrected chi connectivity index (χ3v) is 6.61. The molecule has 0 unspecified atom stereocenters. The zero-order valence-electron chi connectivity index (χ0n) is 15.8. The van der Waals surface area contributed by atoms with Gasteiger partial charge in [0.05, 0.1) is 0 Å². The Bertz CT molecular complexity index is 612. The molecular weight excluding hydrogens is 319 g/mol. The molecule has 0 amide bonds. The van der Waals surface area contributed by atoms with E-state index in [1.807, 2.05) is 24.3 Å². The minimum Gasteiger partial charge on any atom is -0.237 e. The standard InChI is InChI=1S/C25H31F/c26-25(23-15-11-21(12-16-23)19-7-3-1-4-8-19)24-17-13-22(14-18-24)20-9-5-2-6-10-20/h11-20,25H,1-10H2. The molecule has 0 heterocycles. The van der Waals surface area contributed by atoms with Gasteiger partial charge in [0.2, 0.25) is 0 Å². The van der Waals surface area contributed by atoms with Crippen LogP contribution < -0.4 is 0 Å². The van der Waals surface area contributed by atoms with Gasteiger partial charge in [-0.1, -0.05) is 87.1 Å². The lowest BCUT2D eigenvalue weighted by atomic mass is 9.83. The van der Waals surface area contributed by atoms with Crippen molar-refractivity contribution in [3.05, 3.63) is 70.8 Å². The van der Waals surface area contributed by atoms with Gasteiger partial charge in [-0.2, -0.15) is 0 Å². The van der Waals surface area contributed by atoms with Gasteiger partial charge in [0.1, 0.15) is 0 Å². The summed E-state index contributed by atoms with van der Waals surface area (Å²) in [5.41, 5.74) is 4.37. The third kappa shape index (κ3) is 4.03. The highest BCUT2D eigenvalue weighted by atomic mass is 19.1. The first-order valence-corrected chi connectivity index (χ1v) is 10.6. The molecule has 2 fully saturated rings. The summed E-state index contributed by atoms with van der Waals surface area (Å²) in [6.45, 7) is 0. The number of rotatable bonds is 4. The van der Waals surface area contributed by atoms with Gasteiger partial charge < -0.3 is 0 Å². The fourth-order valence-corrected chi connectivity index (χ4v) is 4.94. The molecule has 0 aromatic heterocycles. The molecule has 2 aromatic rings. The second-order valence-corrected chi connectivity index (χ2v) is 8.37. The van der Waals surface area contributed by atoms with E-state index in [0.717, 1.165) is 11.1 Å². The van der Waals surface area contributed by atoms with Crippen molar-refractivity contribution in [3.63, 3.8) is 0 Å². The van der Waals surface area contributed by atoms with Crippen LogP contribution in [0, 0.1) is 0 Å². The molecule has 1 heteroatoms. The van der Waals surface area contributed by atoms with Crippen molar-refractivity contribution in [2.45, 2.75) is 82.2 Å². The van der Waals surface area contributed by atoms with E-state index in [4.69, 9.17) is 0 Å². The summed E-state index contributed by atoms with van der Waals surface area (Å²) >= 11 is 0. The molecule has 0 spiro atoms. The summed E-state index contributed by atoms with van der Waals surface area (Å²) in [6, 6.07) is 16.7. The van der Waals surface area contributed by atoms with E-state index >= 15 is 4.39 Å². The van der Waals surface area contributed by atoms with Gasteiger partial charge in [-0.15, -0.1) is 0 Å². The van der Waals surface area contributed by atoms with Crippen LogP contribution in [0.1, 0.15) is 104 Å². The van der Waals surface area contributed by atoms with Crippen molar-refractivity contribution in [1.82, 2.24) is 0 Å². The van der Waals surface area contributed by atoms with Gasteiger partial charge in [0.15, 0.2) is 6.17 Å². The zero-order chi connectivity index (χ0) is 17.8. The van der Waals surface area contributed by atoms with Crippen molar-refractivity contribution in [2.75, 3.05) is 0 Å². The Labute approximate surface area is 157 Å². The lowest BCUT2D eigenvalue weighted by Crippen LogP contribution is -2.05. The van der Waals surface area contributed by atoms with Crippen molar-refractivity contribution >= 4 is 0 Å². The molecule has 2 aliphatic carbocycles. The maximum absolute atomic E-state index is 15.0. The zero-order valence-corrected chi connectivity index (χ0v) is 15.8. The maximum atomic E-state index is 15.0. The maximum Gasteiger partial charge on any atom is 0.150 e. The normalized spacial score (nSPS) is 19.8. The Balaban J connectivity index is 1.43. The predicted octanol–water partition coefficient (Wildman–Crippen LogP) is 7.84. The van der Waals surface area contributed by atoms with Crippen LogP contribution in [0.2, 0.25) is 0 Å². The van der Waals surface area contributed by atoms with Gasteiger partial charge in [0.25, 0.3) is 0 Å². The summed E-state index contributed by atoms with van der Waals surface area (Å²) in [4.78, 5) is 0. The van der Waals surface area contributed by atoms with E-state index < -0.39 is 6.17 Å². The number of alkyl halides is 1. The highest BCUT2D eigenvalue weighted by Crippen LogP contribution is 2.36. The molecule has 0 saturated heterocycles. The summed E-state index contributed by atoms with van der Waals surface area (Å²) in [5, 5.41) is 0. The van der Waals surface area contributed by atoms with Crippen molar-refractivity contribution in [1.29, 1.82) is 0 Å². The Kier molecular flexibility index (Phi) is 5.72. The molecule has 26 heavy (non-hydrogen) atoms. The van der Waals surface area contributed by atoms with E-state index in [-0.39, 0.29) is 0 Å². The Morgan fingerprint density at radius 2 is 0.885 bits per heavy atom. The van der Waals surface area contributed by atoms with Crippen molar-refractivity contribution in [2.24, 2.45) is 0 Å². The molecule has 138 valence electrons. The molecule has 0 radical (unpaired) electrons. The van der Waals surface area contributed by atoms with Gasteiger partial charge in [-0.05, 0) is 59.8 Å². The molecule has 0 bridgehead atoms. The van der Waals surface area contributed by atoms with Gasteiger partial charge >= 0.3 is 0 Å². The highest BCUT2D eigenvalue weighted by Gasteiger charge is 2.19. The van der Waals surface area contributed by atoms with Gasteiger partial charge in [-0.3, -0.25) is 0 Å². The second-order valence-electron chi connectivity index (χ2n) is 8.37.